The van der Waals surface area contributed by atoms with Gasteiger partial charge in [-0.05, 0) is 37.6 Å². The number of benzene rings is 1. The lowest BCUT2D eigenvalue weighted by atomic mass is 10.2. The van der Waals surface area contributed by atoms with Crippen molar-refractivity contribution in [2.75, 3.05) is 18.5 Å². The fourth-order valence-corrected chi connectivity index (χ4v) is 2.03. The Morgan fingerprint density at radius 3 is 2.45 bits per heavy atom. The second kappa shape index (κ2) is 6.89. The summed E-state index contributed by atoms with van der Waals surface area (Å²) in [7, 11) is 2.02. The van der Waals surface area contributed by atoms with Crippen molar-refractivity contribution in [1.29, 1.82) is 0 Å². The largest absolute Gasteiger partial charge is 0.490 e. The van der Waals surface area contributed by atoms with E-state index in [2.05, 4.69) is 17.6 Å². The summed E-state index contributed by atoms with van der Waals surface area (Å²) in [5.41, 5.74) is 2.28. The molecule has 1 aromatic carbocycles. The number of anilines is 1. The molecule has 4 nitrogen and oxygen atoms in total. The van der Waals surface area contributed by atoms with Crippen LogP contribution in [0.3, 0.4) is 0 Å². The van der Waals surface area contributed by atoms with Crippen LogP contribution < -0.4 is 14.8 Å². The van der Waals surface area contributed by atoms with Crippen LogP contribution >= 0.6 is 0 Å². The van der Waals surface area contributed by atoms with E-state index < -0.39 is 0 Å². The van der Waals surface area contributed by atoms with Gasteiger partial charge in [0.1, 0.15) is 0 Å². The first kappa shape index (κ1) is 14.3. The van der Waals surface area contributed by atoms with Crippen LogP contribution in [0.4, 0.5) is 5.69 Å². The van der Waals surface area contributed by atoms with E-state index in [-0.39, 0.29) is 0 Å². The van der Waals surface area contributed by atoms with Gasteiger partial charge in [0.15, 0.2) is 11.5 Å². The molecule has 1 heterocycles. The van der Waals surface area contributed by atoms with Crippen molar-refractivity contribution in [3.8, 4) is 11.5 Å². The van der Waals surface area contributed by atoms with Crippen molar-refractivity contribution in [3.63, 3.8) is 0 Å². The quantitative estimate of drug-likeness (QED) is 0.840. The van der Waals surface area contributed by atoms with E-state index in [4.69, 9.17) is 9.47 Å². The zero-order chi connectivity index (χ0) is 14.4. The molecule has 0 radical (unpaired) electrons. The van der Waals surface area contributed by atoms with E-state index in [1.165, 1.54) is 5.56 Å². The molecule has 0 bridgehead atoms. The topological polar surface area (TPSA) is 35.4 Å². The summed E-state index contributed by atoms with van der Waals surface area (Å²) in [6, 6.07) is 8.04. The number of hydrogen-bond donors (Lipinski definition) is 1. The average Bonchev–Trinajstić information content (AvgIpc) is 2.85. The van der Waals surface area contributed by atoms with Crippen LogP contribution in [0.1, 0.15) is 19.4 Å². The molecule has 1 N–H and O–H groups in total. The summed E-state index contributed by atoms with van der Waals surface area (Å²) in [5, 5.41) is 3.39. The highest BCUT2D eigenvalue weighted by atomic mass is 16.5. The fourth-order valence-electron chi connectivity index (χ4n) is 2.03. The first-order chi connectivity index (χ1) is 9.72. The highest BCUT2D eigenvalue weighted by Crippen LogP contribution is 2.30. The van der Waals surface area contributed by atoms with Crippen LogP contribution in [0.25, 0.3) is 0 Å². The van der Waals surface area contributed by atoms with E-state index in [1.54, 1.807) is 0 Å². The van der Waals surface area contributed by atoms with Gasteiger partial charge in [0.25, 0.3) is 0 Å². The van der Waals surface area contributed by atoms with Crippen molar-refractivity contribution in [2.45, 2.75) is 20.4 Å². The van der Waals surface area contributed by atoms with Crippen molar-refractivity contribution in [3.05, 3.63) is 42.2 Å². The van der Waals surface area contributed by atoms with Crippen LogP contribution in [-0.4, -0.2) is 17.8 Å². The number of aryl methyl sites for hydroxylation is 1. The molecule has 2 rings (SSSR count). The lowest BCUT2D eigenvalue weighted by molar-refractivity contribution is 0.288. The Balaban J connectivity index is 2.05. The Morgan fingerprint density at radius 1 is 1.05 bits per heavy atom. The molecular formula is C16H22N2O2. The Hall–Kier alpha value is -2.10. The minimum atomic E-state index is 0.627. The van der Waals surface area contributed by atoms with Gasteiger partial charge in [-0.2, -0.15) is 0 Å². The van der Waals surface area contributed by atoms with Crippen LogP contribution in [0, 0.1) is 0 Å². The summed E-state index contributed by atoms with van der Waals surface area (Å²) in [6.07, 6.45) is 4.14. The number of hydrogen-bond acceptors (Lipinski definition) is 3. The third-order valence-electron chi connectivity index (χ3n) is 2.93. The van der Waals surface area contributed by atoms with Gasteiger partial charge in [-0.1, -0.05) is 0 Å². The minimum absolute atomic E-state index is 0.627. The monoisotopic (exact) mass is 274 g/mol. The third kappa shape index (κ3) is 3.70. The number of nitrogens with zero attached hydrogens (tertiary/aromatic N) is 1. The fraction of sp³-hybridized carbons (Fsp3) is 0.375. The summed E-state index contributed by atoms with van der Waals surface area (Å²) in [5.74, 6) is 1.58. The molecule has 0 saturated carbocycles. The second-order valence-electron chi connectivity index (χ2n) is 4.57. The van der Waals surface area contributed by atoms with Crippen LogP contribution in [-0.2, 0) is 13.6 Å². The van der Waals surface area contributed by atoms with E-state index in [0.29, 0.717) is 13.2 Å². The van der Waals surface area contributed by atoms with Crippen molar-refractivity contribution in [1.82, 2.24) is 4.57 Å². The number of aromatic nitrogens is 1. The van der Waals surface area contributed by atoms with Crippen molar-refractivity contribution >= 4 is 5.69 Å². The Bertz CT molecular complexity index is 549. The molecule has 108 valence electrons. The zero-order valence-electron chi connectivity index (χ0n) is 12.3. The molecule has 0 amide bonds. The van der Waals surface area contributed by atoms with Crippen LogP contribution in [0.2, 0.25) is 0 Å². The van der Waals surface area contributed by atoms with E-state index >= 15 is 0 Å². The molecule has 0 saturated heterocycles. The maximum absolute atomic E-state index is 5.62. The predicted molar refractivity (Wildman–Crippen MR) is 81.5 cm³/mol. The van der Waals surface area contributed by atoms with Gasteiger partial charge in [0.2, 0.25) is 0 Å². The number of rotatable bonds is 7. The van der Waals surface area contributed by atoms with Gasteiger partial charge in [-0.25, -0.2) is 0 Å². The minimum Gasteiger partial charge on any atom is -0.490 e. The Labute approximate surface area is 120 Å². The van der Waals surface area contributed by atoms with Gasteiger partial charge in [0, 0.05) is 37.7 Å². The Kier molecular flexibility index (Phi) is 4.93. The van der Waals surface area contributed by atoms with E-state index in [0.717, 1.165) is 23.7 Å². The molecule has 0 aliphatic rings. The summed E-state index contributed by atoms with van der Waals surface area (Å²) < 4.78 is 13.2. The van der Waals surface area contributed by atoms with Gasteiger partial charge in [-0.3, -0.25) is 0 Å². The zero-order valence-corrected chi connectivity index (χ0v) is 12.3. The van der Waals surface area contributed by atoms with Crippen molar-refractivity contribution < 1.29 is 9.47 Å². The van der Waals surface area contributed by atoms with Gasteiger partial charge in [-0.15, -0.1) is 0 Å². The molecular weight excluding hydrogens is 252 g/mol. The van der Waals surface area contributed by atoms with Gasteiger partial charge >= 0.3 is 0 Å². The van der Waals surface area contributed by atoms with Gasteiger partial charge in [0.05, 0.1) is 13.2 Å². The highest BCUT2D eigenvalue weighted by molar-refractivity contribution is 5.55. The summed E-state index contributed by atoms with van der Waals surface area (Å²) in [4.78, 5) is 0. The normalized spacial score (nSPS) is 10.3. The second-order valence-corrected chi connectivity index (χ2v) is 4.57. The molecule has 2 aromatic rings. The average molecular weight is 274 g/mol. The maximum Gasteiger partial charge on any atom is 0.163 e. The number of nitrogens with one attached hydrogen (secondary N) is 1. The lowest BCUT2D eigenvalue weighted by Gasteiger charge is -2.13. The molecule has 20 heavy (non-hydrogen) atoms. The van der Waals surface area contributed by atoms with Crippen LogP contribution in [0.15, 0.2) is 36.7 Å². The smallest absolute Gasteiger partial charge is 0.163 e. The highest BCUT2D eigenvalue weighted by Gasteiger charge is 2.06. The SMILES string of the molecule is CCOc1ccc(NCc2ccn(C)c2)cc1OCC. The predicted octanol–water partition coefficient (Wildman–Crippen LogP) is 3.43. The maximum atomic E-state index is 5.62. The van der Waals surface area contributed by atoms with Gasteiger partial charge < -0.3 is 19.4 Å². The molecule has 0 atom stereocenters. The molecule has 1 aromatic heterocycles. The van der Waals surface area contributed by atoms with Crippen LogP contribution in [0.5, 0.6) is 11.5 Å². The lowest BCUT2D eigenvalue weighted by Crippen LogP contribution is -2.02. The molecule has 0 aliphatic heterocycles. The first-order valence-electron chi connectivity index (χ1n) is 6.97. The van der Waals surface area contributed by atoms with Crippen molar-refractivity contribution in [2.24, 2.45) is 7.05 Å². The molecule has 0 fully saturated rings. The molecule has 4 heteroatoms. The standard InChI is InChI=1S/C16H22N2O2/c1-4-19-15-7-6-14(10-16(15)20-5-2)17-11-13-8-9-18(3)12-13/h6-10,12,17H,4-5,11H2,1-3H3. The van der Waals surface area contributed by atoms with E-state index in [1.807, 2.05) is 49.9 Å². The number of ether oxygens (including phenoxy) is 2. The van der Waals surface area contributed by atoms with E-state index in [9.17, 15) is 0 Å². The molecule has 0 spiro atoms. The summed E-state index contributed by atoms with van der Waals surface area (Å²) in [6.45, 7) is 6.00. The first-order valence-corrected chi connectivity index (χ1v) is 6.97. The third-order valence-corrected chi connectivity index (χ3v) is 2.93. The summed E-state index contributed by atoms with van der Waals surface area (Å²) >= 11 is 0. The molecule has 0 unspecified atom stereocenters. The Morgan fingerprint density at radius 2 is 1.80 bits per heavy atom. The molecule has 0 aliphatic carbocycles.